The third-order valence-electron chi connectivity index (χ3n) is 3.62. The normalized spacial score (nSPS) is 21.2. The van der Waals surface area contributed by atoms with Gasteiger partial charge >= 0.3 is 0 Å². The second kappa shape index (κ2) is 5.10. The molecule has 0 bridgehead atoms. The molecule has 1 aromatic heterocycles. The van der Waals surface area contributed by atoms with Crippen LogP contribution in [0.25, 0.3) is 0 Å². The summed E-state index contributed by atoms with van der Waals surface area (Å²) in [6.45, 7) is 2.03. The van der Waals surface area contributed by atoms with Crippen LogP contribution < -0.4 is 4.74 Å². The van der Waals surface area contributed by atoms with Crippen LogP contribution >= 0.6 is 34.8 Å². The van der Waals surface area contributed by atoms with E-state index < -0.39 is 5.60 Å². The monoisotopic (exact) mass is 327 g/mol. The first-order chi connectivity index (χ1) is 9.48. The number of benzene rings is 1. The van der Waals surface area contributed by atoms with E-state index in [2.05, 4.69) is 4.98 Å². The fourth-order valence-electron chi connectivity index (χ4n) is 2.41. The zero-order valence-corrected chi connectivity index (χ0v) is 13.1. The maximum Gasteiger partial charge on any atom is 0.217 e. The Bertz CT molecular complexity index is 674. The van der Waals surface area contributed by atoms with Crippen LogP contribution in [0.5, 0.6) is 5.88 Å². The van der Waals surface area contributed by atoms with Crippen molar-refractivity contribution in [2.24, 2.45) is 0 Å². The molecule has 2 heterocycles. The Morgan fingerprint density at radius 2 is 1.95 bits per heavy atom. The minimum atomic E-state index is -0.456. The van der Waals surface area contributed by atoms with E-state index in [9.17, 15) is 0 Å². The van der Waals surface area contributed by atoms with E-state index in [1.54, 1.807) is 12.3 Å². The summed E-state index contributed by atoms with van der Waals surface area (Å²) in [5.74, 6) is 0.634. The maximum absolute atomic E-state index is 6.10. The molecule has 5 heteroatoms. The number of nitrogens with zero attached hydrogens (tertiary/aromatic N) is 1. The van der Waals surface area contributed by atoms with Crippen molar-refractivity contribution in [2.75, 3.05) is 0 Å². The molecule has 0 radical (unpaired) electrons. The lowest BCUT2D eigenvalue weighted by atomic mass is 9.87. The van der Waals surface area contributed by atoms with Crippen LogP contribution in [0.3, 0.4) is 0 Å². The van der Waals surface area contributed by atoms with Gasteiger partial charge in [-0.3, -0.25) is 0 Å². The number of ether oxygens (including phenoxy) is 1. The van der Waals surface area contributed by atoms with Crippen LogP contribution in [0.2, 0.25) is 15.1 Å². The summed E-state index contributed by atoms with van der Waals surface area (Å²) in [5, 5.41) is 1.70. The van der Waals surface area contributed by atoms with Gasteiger partial charge in [-0.1, -0.05) is 40.9 Å². The molecule has 104 valence electrons. The lowest BCUT2D eigenvalue weighted by Crippen LogP contribution is -2.34. The van der Waals surface area contributed by atoms with Gasteiger partial charge in [0.25, 0.3) is 0 Å². The van der Waals surface area contributed by atoms with E-state index in [4.69, 9.17) is 39.5 Å². The third kappa shape index (κ3) is 2.48. The number of hydrogen-bond donors (Lipinski definition) is 0. The number of rotatable bonds is 1. The van der Waals surface area contributed by atoms with Crippen LogP contribution in [-0.4, -0.2) is 4.98 Å². The third-order valence-corrected chi connectivity index (χ3v) is 4.56. The molecule has 20 heavy (non-hydrogen) atoms. The van der Waals surface area contributed by atoms with E-state index in [0.717, 1.165) is 24.0 Å². The highest BCUT2D eigenvalue weighted by Gasteiger charge is 2.34. The minimum Gasteiger partial charge on any atom is -0.466 e. The number of hydrogen-bond acceptors (Lipinski definition) is 2. The Labute approximate surface area is 132 Å². The molecule has 3 rings (SSSR count). The largest absolute Gasteiger partial charge is 0.466 e. The molecular formula is C15H12Cl3NO. The molecule has 1 aliphatic rings. The van der Waals surface area contributed by atoms with Gasteiger partial charge in [-0.15, -0.1) is 0 Å². The zero-order valence-electron chi connectivity index (χ0n) is 10.8. The van der Waals surface area contributed by atoms with E-state index in [0.29, 0.717) is 20.9 Å². The van der Waals surface area contributed by atoms with Gasteiger partial charge in [0.05, 0.1) is 15.1 Å². The number of pyridine rings is 1. The lowest BCUT2D eigenvalue weighted by molar-refractivity contribution is 0.0565. The van der Waals surface area contributed by atoms with Crippen LogP contribution in [0.4, 0.5) is 0 Å². The smallest absolute Gasteiger partial charge is 0.217 e. The zero-order chi connectivity index (χ0) is 14.3. The van der Waals surface area contributed by atoms with E-state index in [1.165, 1.54) is 0 Å². The van der Waals surface area contributed by atoms with Gasteiger partial charge in [0.15, 0.2) is 0 Å². The standard InChI is InChI=1S/C15H12Cl3NO/c1-15(10-2-3-12(17)13(18)7-10)5-4-9-6-11(16)8-19-14(9)20-15/h2-3,6-8H,4-5H2,1H3/t15-/m0/s1. The molecule has 0 saturated heterocycles. The summed E-state index contributed by atoms with van der Waals surface area (Å²) >= 11 is 18.0. The number of aromatic nitrogens is 1. The summed E-state index contributed by atoms with van der Waals surface area (Å²) < 4.78 is 6.08. The molecule has 0 fully saturated rings. The summed E-state index contributed by atoms with van der Waals surface area (Å²) in [7, 11) is 0. The lowest BCUT2D eigenvalue weighted by Gasteiger charge is -2.35. The Hall–Kier alpha value is -0.960. The van der Waals surface area contributed by atoms with Crippen LogP contribution in [0, 0.1) is 0 Å². The van der Waals surface area contributed by atoms with Gasteiger partial charge in [-0.25, -0.2) is 4.98 Å². The summed E-state index contributed by atoms with van der Waals surface area (Å²) in [6.07, 6.45) is 3.29. The van der Waals surface area contributed by atoms with Crippen molar-refractivity contribution in [1.82, 2.24) is 4.98 Å². The van der Waals surface area contributed by atoms with Gasteiger partial charge in [0.1, 0.15) is 5.60 Å². The molecule has 2 aromatic rings. The quantitative estimate of drug-likeness (QED) is 0.710. The second-order valence-corrected chi connectivity index (χ2v) is 6.33. The average Bonchev–Trinajstić information content (AvgIpc) is 2.42. The molecule has 0 unspecified atom stereocenters. The molecule has 0 saturated carbocycles. The highest BCUT2D eigenvalue weighted by molar-refractivity contribution is 6.42. The van der Waals surface area contributed by atoms with Crippen molar-refractivity contribution in [1.29, 1.82) is 0 Å². The molecular weight excluding hydrogens is 317 g/mol. The maximum atomic E-state index is 6.10. The van der Waals surface area contributed by atoms with Crippen molar-refractivity contribution in [3.05, 3.63) is 56.7 Å². The number of aryl methyl sites for hydroxylation is 1. The molecule has 1 aromatic carbocycles. The minimum absolute atomic E-state index is 0.456. The summed E-state index contributed by atoms with van der Waals surface area (Å²) in [4.78, 5) is 4.27. The number of fused-ring (bicyclic) bond motifs is 1. The topological polar surface area (TPSA) is 22.1 Å². The fourth-order valence-corrected chi connectivity index (χ4v) is 2.88. The van der Waals surface area contributed by atoms with Crippen molar-refractivity contribution in [2.45, 2.75) is 25.4 Å². The van der Waals surface area contributed by atoms with Crippen molar-refractivity contribution in [3.63, 3.8) is 0 Å². The van der Waals surface area contributed by atoms with E-state index in [-0.39, 0.29) is 0 Å². The fraction of sp³-hybridized carbons (Fsp3) is 0.267. The second-order valence-electron chi connectivity index (χ2n) is 5.08. The molecule has 1 aliphatic heterocycles. The van der Waals surface area contributed by atoms with Gasteiger partial charge in [0, 0.05) is 11.8 Å². The molecule has 0 amide bonds. The van der Waals surface area contributed by atoms with Crippen molar-refractivity contribution in [3.8, 4) is 5.88 Å². The summed E-state index contributed by atoms with van der Waals surface area (Å²) in [6, 6.07) is 7.48. The highest BCUT2D eigenvalue weighted by Crippen LogP contribution is 2.40. The predicted octanol–water partition coefficient (Wildman–Crippen LogP) is 5.28. The summed E-state index contributed by atoms with van der Waals surface area (Å²) in [5.41, 5.74) is 1.58. The first kappa shape index (κ1) is 14.0. The Morgan fingerprint density at radius 1 is 1.15 bits per heavy atom. The highest BCUT2D eigenvalue weighted by atomic mass is 35.5. The molecule has 0 N–H and O–H groups in total. The Morgan fingerprint density at radius 3 is 2.70 bits per heavy atom. The first-order valence-electron chi connectivity index (χ1n) is 6.27. The SMILES string of the molecule is C[C@@]1(c2ccc(Cl)c(Cl)c2)CCc2cc(Cl)cnc2O1. The van der Waals surface area contributed by atoms with Crippen LogP contribution in [-0.2, 0) is 12.0 Å². The van der Waals surface area contributed by atoms with E-state index in [1.807, 2.05) is 25.1 Å². The van der Waals surface area contributed by atoms with Crippen LogP contribution in [0.15, 0.2) is 30.5 Å². The number of halogens is 3. The molecule has 0 spiro atoms. The first-order valence-corrected chi connectivity index (χ1v) is 7.40. The molecule has 0 aliphatic carbocycles. The Kier molecular flexibility index (Phi) is 3.57. The van der Waals surface area contributed by atoms with E-state index >= 15 is 0 Å². The average molecular weight is 329 g/mol. The van der Waals surface area contributed by atoms with Gasteiger partial charge in [0.2, 0.25) is 5.88 Å². The predicted molar refractivity (Wildman–Crippen MR) is 82.0 cm³/mol. The van der Waals surface area contributed by atoms with Gasteiger partial charge in [-0.2, -0.15) is 0 Å². The van der Waals surface area contributed by atoms with Crippen LogP contribution in [0.1, 0.15) is 24.5 Å². The Balaban J connectivity index is 1.98. The molecule has 1 atom stereocenters. The molecule has 2 nitrogen and oxygen atoms in total. The van der Waals surface area contributed by atoms with Gasteiger partial charge in [-0.05, 0) is 43.5 Å². The van der Waals surface area contributed by atoms with Gasteiger partial charge < -0.3 is 4.74 Å². The van der Waals surface area contributed by atoms with Crippen molar-refractivity contribution < 1.29 is 4.74 Å². The van der Waals surface area contributed by atoms with Crippen molar-refractivity contribution >= 4 is 34.8 Å².